The summed E-state index contributed by atoms with van der Waals surface area (Å²) in [5.41, 5.74) is 0.412. The van der Waals surface area contributed by atoms with Crippen LogP contribution in [0.1, 0.15) is 0 Å². The summed E-state index contributed by atoms with van der Waals surface area (Å²) in [4.78, 5) is 0.188. The zero-order chi connectivity index (χ0) is 21.0. The van der Waals surface area contributed by atoms with Crippen LogP contribution in [-0.2, 0) is 14.6 Å². The number of nitrogens with one attached hydrogen (secondary N) is 1. The van der Waals surface area contributed by atoms with Crippen LogP contribution in [0.5, 0.6) is 0 Å². The quantitative estimate of drug-likeness (QED) is 0.465. The van der Waals surface area contributed by atoms with Crippen molar-refractivity contribution in [1.82, 2.24) is 0 Å². The molecule has 0 aliphatic heterocycles. The molecule has 0 bridgehead atoms. The van der Waals surface area contributed by atoms with Crippen LogP contribution in [0.2, 0.25) is 0 Å². The van der Waals surface area contributed by atoms with Gasteiger partial charge in [-0.05, 0) is 36.4 Å². The Bertz CT molecular complexity index is 1230. The smallest absolute Gasteiger partial charge is 0.261 e. The average molecular weight is 433 g/mol. The Kier molecular flexibility index (Phi) is 5.58. The molecule has 0 unspecified atom stereocenters. The maximum Gasteiger partial charge on any atom is 0.261 e. The molecule has 0 aliphatic carbocycles. The Morgan fingerprint density at radius 3 is 1.40 bits per heavy atom. The normalized spacial score (nSPS) is 11.7. The maximum absolute atomic E-state index is 14.3. The second-order valence-corrected chi connectivity index (χ2v) is 11.2. The molecule has 4 aromatic rings. The minimum atomic E-state index is -3.69. The van der Waals surface area contributed by atoms with Crippen LogP contribution in [0.15, 0.2) is 120 Å². The zero-order valence-electron chi connectivity index (χ0n) is 16.0. The minimum Gasteiger partial charge on any atom is -0.309 e. The van der Waals surface area contributed by atoms with Crippen LogP contribution >= 0.6 is 7.14 Å². The summed E-state index contributed by atoms with van der Waals surface area (Å²) in [6.07, 6.45) is 0. The molecule has 6 heteroatoms. The molecule has 1 N–H and O–H groups in total. The largest absolute Gasteiger partial charge is 0.309 e. The van der Waals surface area contributed by atoms with Gasteiger partial charge in [-0.3, -0.25) is 4.72 Å². The van der Waals surface area contributed by atoms with Crippen LogP contribution in [0.4, 0.5) is 5.69 Å². The standard InChI is InChI=1S/C24H20NO3PS/c26-29(21-10-4-1-5-11-21,22-12-6-2-7-13-22)23-18-16-20(17-19-23)25-30(27,28)24-14-8-3-9-15-24/h1-19,25H. The first-order chi connectivity index (χ1) is 14.5. The highest BCUT2D eigenvalue weighted by Crippen LogP contribution is 2.42. The fraction of sp³-hybridized carbons (Fsp3) is 0. The summed E-state index contributed by atoms with van der Waals surface area (Å²) in [5.74, 6) is 0. The average Bonchev–Trinajstić information content (AvgIpc) is 2.80. The zero-order valence-corrected chi connectivity index (χ0v) is 17.8. The molecule has 0 saturated heterocycles. The summed E-state index contributed by atoms with van der Waals surface area (Å²) in [7, 11) is -6.77. The van der Waals surface area contributed by atoms with Crippen molar-refractivity contribution in [2.24, 2.45) is 0 Å². The summed E-state index contributed by atoms with van der Waals surface area (Å²) in [6, 6.07) is 33.6. The Morgan fingerprint density at radius 2 is 0.933 bits per heavy atom. The lowest BCUT2D eigenvalue weighted by Crippen LogP contribution is -2.25. The molecule has 150 valence electrons. The summed E-state index contributed by atoms with van der Waals surface area (Å²) in [5, 5.41) is 2.10. The minimum absolute atomic E-state index is 0.188. The monoisotopic (exact) mass is 433 g/mol. The number of sulfonamides is 1. The van der Waals surface area contributed by atoms with Gasteiger partial charge < -0.3 is 4.57 Å². The van der Waals surface area contributed by atoms with Crippen molar-refractivity contribution in [2.45, 2.75) is 4.90 Å². The number of anilines is 1. The van der Waals surface area contributed by atoms with Gasteiger partial charge in [0.15, 0.2) is 7.14 Å². The van der Waals surface area contributed by atoms with Gasteiger partial charge in [0.05, 0.1) is 4.90 Å². The lowest BCUT2D eigenvalue weighted by atomic mass is 10.3. The van der Waals surface area contributed by atoms with Gasteiger partial charge >= 0.3 is 0 Å². The van der Waals surface area contributed by atoms with Crippen molar-refractivity contribution in [3.63, 3.8) is 0 Å². The van der Waals surface area contributed by atoms with E-state index in [1.807, 2.05) is 60.7 Å². The van der Waals surface area contributed by atoms with E-state index in [2.05, 4.69) is 4.72 Å². The predicted octanol–water partition coefficient (Wildman–Crippen LogP) is 4.13. The summed E-state index contributed by atoms with van der Waals surface area (Å²) < 4.78 is 42.0. The van der Waals surface area contributed by atoms with Gasteiger partial charge in [0.25, 0.3) is 10.0 Å². The topological polar surface area (TPSA) is 63.2 Å². The highest BCUT2D eigenvalue weighted by Gasteiger charge is 2.29. The lowest BCUT2D eigenvalue weighted by Gasteiger charge is -2.20. The van der Waals surface area contributed by atoms with Gasteiger partial charge in [0.2, 0.25) is 0 Å². The highest BCUT2D eigenvalue weighted by molar-refractivity contribution is 7.92. The molecular weight excluding hydrogens is 413 g/mol. The Labute approximate surface area is 176 Å². The Hall–Kier alpha value is -3.14. The highest BCUT2D eigenvalue weighted by atomic mass is 32.2. The number of rotatable bonds is 6. The molecule has 0 saturated carbocycles. The van der Waals surface area contributed by atoms with Gasteiger partial charge in [0, 0.05) is 21.6 Å². The van der Waals surface area contributed by atoms with E-state index < -0.39 is 17.2 Å². The molecule has 0 aliphatic rings. The maximum atomic E-state index is 14.3. The first-order valence-electron chi connectivity index (χ1n) is 9.40. The molecule has 4 aromatic carbocycles. The second kappa shape index (κ2) is 8.31. The van der Waals surface area contributed by atoms with E-state index >= 15 is 0 Å². The Morgan fingerprint density at radius 1 is 0.533 bits per heavy atom. The van der Waals surface area contributed by atoms with E-state index in [9.17, 15) is 13.0 Å². The lowest BCUT2D eigenvalue weighted by molar-refractivity contribution is 0.592. The van der Waals surface area contributed by atoms with Crippen molar-refractivity contribution in [3.05, 3.63) is 115 Å². The van der Waals surface area contributed by atoms with Gasteiger partial charge in [-0.2, -0.15) is 0 Å². The van der Waals surface area contributed by atoms with E-state index in [0.29, 0.717) is 11.0 Å². The van der Waals surface area contributed by atoms with Crippen LogP contribution in [0.25, 0.3) is 0 Å². The molecule has 0 atom stereocenters. The molecule has 0 amide bonds. The van der Waals surface area contributed by atoms with E-state index in [1.165, 1.54) is 12.1 Å². The van der Waals surface area contributed by atoms with Gasteiger partial charge in [-0.25, -0.2) is 8.42 Å². The van der Waals surface area contributed by atoms with Gasteiger partial charge in [-0.1, -0.05) is 78.9 Å². The third-order valence-corrected chi connectivity index (χ3v) is 9.25. The summed E-state index contributed by atoms with van der Waals surface area (Å²) in [6.45, 7) is 0. The first kappa shape index (κ1) is 20.1. The molecule has 0 aromatic heterocycles. The molecule has 0 heterocycles. The molecular formula is C24H20NO3PS. The predicted molar refractivity (Wildman–Crippen MR) is 123 cm³/mol. The van der Waals surface area contributed by atoms with Crippen molar-refractivity contribution in [2.75, 3.05) is 4.72 Å². The van der Waals surface area contributed by atoms with Crippen molar-refractivity contribution in [1.29, 1.82) is 0 Å². The number of benzene rings is 4. The first-order valence-corrected chi connectivity index (χ1v) is 12.6. The summed E-state index contributed by atoms with van der Waals surface area (Å²) >= 11 is 0. The van der Waals surface area contributed by atoms with E-state index in [1.54, 1.807) is 42.5 Å². The van der Waals surface area contributed by atoms with E-state index in [4.69, 9.17) is 0 Å². The van der Waals surface area contributed by atoms with E-state index in [-0.39, 0.29) is 4.90 Å². The third-order valence-electron chi connectivity index (χ3n) is 4.78. The van der Waals surface area contributed by atoms with Crippen molar-refractivity contribution < 1.29 is 13.0 Å². The van der Waals surface area contributed by atoms with Gasteiger partial charge in [0.1, 0.15) is 0 Å². The fourth-order valence-corrected chi connectivity index (χ4v) is 7.00. The van der Waals surface area contributed by atoms with E-state index in [0.717, 1.165) is 10.6 Å². The molecule has 0 spiro atoms. The van der Waals surface area contributed by atoms with Crippen molar-refractivity contribution >= 4 is 38.8 Å². The second-order valence-electron chi connectivity index (χ2n) is 6.75. The molecule has 4 nitrogen and oxygen atoms in total. The van der Waals surface area contributed by atoms with Crippen LogP contribution in [-0.4, -0.2) is 8.42 Å². The molecule has 30 heavy (non-hydrogen) atoms. The van der Waals surface area contributed by atoms with Crippen LogP contribution in [0, 0.1) is 0 Å². The third kappa shape index (κ3) is 3.95. The van der Waals surface area contributed by atoms with Gasteiger partial charge in [-0.15, -0.1) is 0 Å². The molecule has 0 fully saturated rings. The Balaban J connectivity index is 1.72. The number of hydrogen-bond donors (Lipinski definition) is 1. The van der Waals surface area contributed by atoms with Crippen LogP contribution < -0.4 is 20.6 Å². The SMILES string of the molecule is O=P(c1ccccc1)(c1ccccc1)c1ccc(NS(=O)(=O)c2ccccc2)cc1. The van der Waals surface area contributed by atoms with Crippen LogP contribution in [0.3, 0.4) is 0 Å². The molecule has 4 rings (SSSR count). The molecule has 0 radical (unpaired) electrons. The fourth-order valence-electron chi connectivity index (χ4n) is 3.28. The van der Waals surface area contributed by atoms with Crippen molar-refractivity contribution in [3.8, 4) is 0 Å². The number of hydrogen-bond acceptors (Lipinski definition) is 3.